The number of para-hydroxylation sites is 1. The number of thiazole rings is 1. The molecular formula is C31H19ClN4S. The number of benzene rings is 4. The number of halogens is 1. The number of nitrogens with zero attached hydrogens (tertiary/aromatic N) is 4. The number of hydrogen-bond donors (Lipinski definition) is 0. The molecule has 0 atom stereocenters. The summed E-state index contributed by atoms with van der Waals surface area (Å²) in [6.07, 6.45) is 3.85. The number of aromatic nitrogens is 3. The number of allylic oxidation sites excluding steroid dienone is 1. The van der Waals surface area contributed by atoms with Gasteiger partial charge in [0, 0.05) is 33.3 Å². The Balaban J connectivity index is 1.49. The van der Waals surface area contributed by atoms with Crippen molar-refractivity contribution in [2.75, 3.05) is 0 Å². The fraction of sp³-hybridized carbons (Fsp3) is 0. The maximum absolute atomic E-state index is 10.1. The quantitative estimate of drug-likeness (QED) is 0.216. The van der Waals surface area contributed by atoms with Crippen LogP contribution in [0.25, 0.3) is 50.6 Å². The van der Waals surface area contributed by atoms with E-state index < -0.39 is 0 Å². The van der Waals surface area contributed by atoms with Gasteiger partial charge in [-0.1, -0.05) is 84.4 Å². The van der Waals surface area contributed by atoms with Gasteiger partial charge in [-0.2, -0.15) is 10.4 Å². The average molecular weight is 515 g/mol. The predicted molar refractivity (Wildman–Crippen MR) is 153 cm³/mol. The molecule has 0 aliphatic heterocycles. The Labute approximate surface area is 223 Å². The summed E-state index contributed by atoms with van der Waals surface area (Å²) in [4.78, 5) is 4.75. The minimum Gasteiger partial charge on any atom is -0.240 e. The molecule has 6 rings (SSSR count). The lowest BCUT2D eigenvalue weighted by molar-refractivity contribution is 0.884. The molecule has 0 fully saturated rings. The Morgan fingerprint density at radius 3 is 2.46 bits per heavy atom. The van der Waals surface area contributed by atoms with Crippen LogP contribution < -0.4 is 0 Å². The number of fused-ring (bicyclic) bond motifs is 1. The Morgan fingerprint density at radius 2 is 1.65 bits per heavy atom. The van der Waals surface area contributed by atoms with Crippen LogP contribution in [0, 0.1) is 11.3 Å². The summed E-state index contributed by atoms with van der Waals surface area (Å²) in [5.74, 6) is 0. The van der Waals surface area contributed by atoms with E-state index in [1.54, 1.807) is 0 Å². The minimum atomic E-state index is 0.485. The van der Waals surface area contributed by atoms with E-state index in [9.17, 15) is 5.26 Å². The predicted octanol–water partition coefficient (Wildman–Crippen LogP) is 8.53. The molecule has 37 heavy (non-hydrogen) atoms. The van der Waals surface area contributed by atoms with Crippen molar-refractivity contribution in [3.63, 3.8) is 0 Å². The molecule has 0 saturated carbocycles. The van der Waals surface area contributed by atoms with E-state index in [2.05, 4.69) is 30.3 Å². The molecule has 0 saturated heterocycles. The van der Waals surface area contributed by atoms with Crippen molar-refractivity contribution >= 4 is 45.4 Å². The summed E-state index contributed by atoms with van der Waals surface area (Å²) in [6.45, 7) is 0. The molecule has 2 aromatic heterocycles. The SMILES string of the molecule is N#C/C(=C\c1cn(-c2ccccc2)nc1-c1cccc2ccccc12)c1nc(-c2ccc(Cl)cc2)cs1. The highest BCUT2D eigenvalue weighted by Gasteiger charge is 2.16. The van der Waals surface area contributed by atoms with Crippen LogP contribution in [0.4, 0.5) is 0 Å². The molecule has 0 bridgehead atoms. The zero-order chi connectivity index (χ0) is 25.2. The lowest BCUT2D eigenvalue weighted by Crippen LogP contribution is -1.94. The zero-order valence-corrected chi connectivity index (χ0v) is 21.1. The van der Waals surface area contributed by atoms with Crippen LogP contribution in [-0.4, -0.2) is 14.8 Å². The lowest BCUT2D eigenvalue weighted by atomic mass is 9.99. The Hall–Kier alpha value is -4.50. The van der Waals surface area contributed by atoms with Crippen molar-refractivity contribution in [1.29, 1.82) is 5.26 Å². The fourth-order valence-electron chi connectivity index (χ4n) is 4.30. The van der Waals surface area contributed by atoms with Crippen LogP contribution >= 0.6 is 22.9 Å². The standard InChI is InChI=1S/C31H19ClN4S/c32-25-15-13-22(14-16-25)29-20-37-31(34-29)23(18-33)17-24-19-36(26-9-2-1-3-10-26)35-30(24)28-12-6-8-21-7-4-5-11-27(21)28/h1-17,19-20H/b23-17+. The number of hydrogen-bond acceptors (Lipinski definition) is 4. The van der Waals surface area contributed by atoms with Gasteiger partial charge in [-0.25, -0.2) is 9.67 Å². The molecule has 6 heteroatoms. The first-order chi connectivity index (χ1) is 18.2. The highest BCUT2D eigenvalue weighted by atomic mass is 35.5. The van der Waals surface area contributed by atoms with Crippen LogP contribution in [-0.2, 0) is 0 Å². The number of nitriles is 1. The summed E-state index contributed by atoms with van der Waals surface area (Å²) in [7, 11) is 0. The Morgan fingerprint density at radius 1 is 0.892 bits per heavy atom. The van der Waals surface area contributed by atoms with Crippen molar-refractivity contribution in [1.82, 2.24) is 14.8 Å². The first kappa shape index (κ1) is 22.9. The van der Waals surface area contributed by atoms with Gasteiger partial charge in [0.05, 0.1) is 17.0 Å². The van der Waals surface area contributed by atoms with Gasteiger partial charge in [0.1, 0.15) is 16.8 Å². The summed E-state index contributed by atoms with van der Waals surface area (Å²) in [6, 6.07) is 34.3. The van der Waals surface area contributed by atoms with Crippen LogP contribution in [0.5, 0.6) is 0 Å². The van der Waals surface area contributed by atoms with Crippen LogP contribution in [0.15, 0.2) is 109 Å². The fourth-order valence-corrected chi connectivity index (χ4v) is 5.22. The lowest BCUT2D eigenvalue weighted by Gasteiger charge is -2.05. The third-order valence-electron chi connectivity index (χ3n) is 6.10. The second kappa shape index (κ2) is 9.87. The van der Waals surface area contributed by atoms with Gasteiger partial charge >= 0.3 is 0 Å². The average Bonchev–Trinajstić information content (AvgIpc) is 3.60. The van der Waals surface area contributed by atoms with Gasteiger partial charge in [-0.15, -0.1) is 11.3 Å². The zero-order valence-electron chi connectivity index (χ0n) is 19.5. The molecule has 0 N–H and O–H groups in total. The van der Waals surface area contributed by atoms with Gasteiger partial charge in [-0.3, -0.25) is 0 Å². The van der Waals surface area contributed by atoms with Crippen molar-refractivity contribution in [2.45, 2.75) is 0 Å². The first-order valence-corrected chi connectivity index (χ1v) is 12.9. The van der Waals surface area contributed by atoms with Crippen LogP contribution in [0.3, 0.4) is 0 Å². The molecule has 176 valence electrons. The molecule has 4 nitrogen and oxygen atoms in total. The number of rotatable bonds is 5. The molecule has 0 amide bonds. The largest absolute Gasteiger partial charge is 0.240 e. The highest BCUT2D eigenvalue weighted by molar-refractivity contribution is 7.11. The Kier molecular flexibility index (Phi) is 6.11. The Bertz CT molecular complexity index is 1790. The van der Waals surface area contributed by atoms with Crippen molar-refractivity contribution in [3.05, 3.63) is 124 Å². The van der Waals surface area contributed by atoms with E-state index in [-0.39, 0.29) is 0 Å². The normalized spacial score (nSPS) is 11.5. The maximum Gasteiger partial charge on any atom is 0.134 e. The van der Waals surface area contributed by atoms with Crippen molar-refractivity contribution < 1.29 is 0 Å². The van der Waals surface area contributed by atoms with Crippen molar-refractivity contribution in [2.24, 2.45) is 0 Å². The third-order valence-corrected chi connectivity index (χ3v) is 7.23. The minimum absolute atomic E-state index is 0.485. The van der Waals surface area contributed by atoms with Gasteiger partial charge < -0.3 is 0 Å². The molecular weight excluding hydrogens is 496 g/mol. The first-order valence-electron chi connectivity index (χ1n) is 11.7. The molecule has 0 aliphatic rings. The van der Waals surface area contributed by atoms with Crippen LogP contribution in [0.2, 0.25) is 5.02 Å². The molecule has 0 unspecified atom stereocenters. The summed E-state index contributed by atoms with van der Waals surface area (Å²) in [5.41, 5.74) is 5.87. The summed E-state index contributed by atoms with van der Waals surface area (Å²) >= 11 is 7.48. The van der Waals surface area contributed by atoms with Gasteiger partial charge in [0.2, 0.25) is 0 Å². The van der Waals surface area contributed by atoms with Gasteiger partial charge in [-0.05, 0) is 41.1 Å². The van der Waals surface area contributed by atoms with E-state index in [0.29, 0.717) is 15.6 Å². The monoisotopic (exact) mass is 514 g/mol. The van der Waals surface area contributed by atoms with E-state index >= 15 is 0 Å². The van der Waals surface area contributed by atoms with Crippen LogP contribution in [0.1, 0.15) is 10.6 Å². The molecule has 0 aliphatic carbocycles. The smallest absolute Gasteiger partial charge is 0.134 e. The highest BCUT2D eigenvalue weighted by Crippen LogP contribution is 2.34. The van der Waals surface area contributed by atoms with Crippen molar-refractivity contribution in [3.8, 4) is 34.3 Å². The molecule has 0 spiro atoms. The molecule has 4 aromatic carbocycles. The second-order valence-electron chi connectivity index (χ2n) is 8.45. The maximum atomic E-state index is 10.1. The molecule has 2 heterocycles. The van der Waals surface area contributed by atoms with E-state index in [1.165, 1.54) is 11.3 Å². The van der Waals surface area contributed by atoms with E-state index in [1.807, 2.05) is 95.1 Å². The van der Waals surface area contributed by atoms with E-state index in [4.69, 9.17) is 21.7 Å². The van der Waals surface area contributed by atoms with E-state index in [0.717, 1.165) is 44.5 Å². The molecule has 0 radical (unpaired) electrons. The third kappa shape index (κ3) is 4.56. The summed E-state index contributed by atoms with van der Waals surface area (Å²) < 4.78 is 1.86. The van der Waals surface area contributed by atoms with Gasteiger partial charge in [0.25, 0.3) is 0 Å². The van der Waals surface area contributed by atoms with Gasteiger partial charge in [0.15, 0.2) is 0 Å². The topological polar surface area (TPSA) is 54.5 Å². The summed E-state index contributed by atoms with van der Waals surface area (Å²) in [5, 5.41) is 20.6. The molecule has 6 aromatic rings. The second-order valence-corrected chi connectivity index (χ2v) is 9.75.